The number of hydrogen-bond acceptors (Lipinski definition) is 10. The van der Waals surface area contributed by atoms with Crippen LogP contribution in [0.4, 0.5) is 0 Å². The summed E-state index contributed by atoms with van der Waals surface area (Å²) in [7, 11) is 0. The molecule has 204 valence electrons. The zero-order chi connectivity index (χ0) is 27.3. The minimum Gasteiger partial charge on any atom is -0.458 e. The number of nitrogens with zero attached hydrogens (tertiary/aromatic N) is 2. The van der Waals surface area contributed by atoms with Gasteiger partial charge in [0.2, 0.25) is 12.7 Å². The van der Waals surface area contributed by atoms with E-state index < -0.39 is 11.6 Å². The third kappa shape index (κ3) is 4.03. The van der Waals surface area contributed by atoms with E-state index in [1.165, 1.54) is 0 Å². The smallest absolute Gasteiger partial charge is 0.343 e. The van der Waals surface area contributed by atoms with Gasteiger partial charge < -0.3 is 39.7 Å². The number of nitrogens with one attached hydrogen (secondary N) is 1. The number of nitrogens with two attached hydrogens (primary N) is 1. The summed E-state index contributed by atoms with van der Waals surface area (Å²) in [4.78, 5) is 42.3. The molecule has 0 saturated heterocycles. The van der Waals surface area contributed by atoms with E-state index in [0.717, 1.165) is 16.5 Å². The van der Waals surface area contributed by atoms with Crippen molar-refractivity contribution in [3.8, 4) is 22.9 Å². The van der Waals surface area contributed by atoms with Gasteiger partial charge in [-0.15, -0.1) is 0 Å². The summed E-state index contributed by atoms with van der Waals surface area (Å²) in [5.41, 5.74) is 7.32. The fraction of sp³-hybridized carbons (Fsp3) is 0.407. The van der Waals surface area contributed by atoms with Crippen LogP contribution in [-0.4, -0.2) is 53.2 Å². The molecule has 1 amide bonds. The van der Waals surface area contributed by atoms with Crippen LogP contribution >= 0.6 is 0 Å². The molecule has 0 fully saturated rings. The van der Waals surface area contributed by atoms with Gasteiger partial charge in [0, 0.05) is 29.2 Å². The molecular weight excluding hydrogens is 508 g/mol. The Morgan fingerprint density at radius 2 is 2.00 bits per heavy atom. The molecule has 0 bridgehead atoms. The fourth-order valence-electron chi connectivity index (χ4n) is 5.46. The van der Waals surface area contributed by atoms with Crippen molar-refractivity contribution in [2.75, 3.05) is 26.7 Å². The Morgan fingerprint density at radius 3 is 2.77 bits per heavy atom. The minimum absolute atomic E-state index is 0.0669. The number of aliphatic hydroxyl groups is 1. The van der Waals surface area contributed by atoms with Crippen molar-refractivity contribution in [1.29, 1.82) is 0 Å². The standard InChI is InChI=1S/C27H28N4O8/c1-2-27(35)18-7-20-24-16(10-31(20)25(33)17(18)11-37-26(27)34)14(4-3-5-36-12-29-23(32)9-28)15-6-21-22(39-13-38-21)8-19(15)30-24/h6-8,35H,2-5,9-13,28H2,1H3,(H,29,32). The zero-order valence-electron chi connectivity index (χ0n) is 21.4. The van der Waals surface area contributed by atoms with Crippen molar-refractivity contribution in [3.63, 3.8) is 0 Å². The minimum atomic E-state index is -1.90. The van der Waals surface area contributed by atoms with Crippen molar-refractivity contribution in [2.45, 2.75) is 44.9 Å². The largest absolute Gasteiger partial charge is 0.458 e. The van der Waals surface area contributed by atoms with Gasteiger partial charge in [-0.3, -0.25) is 9.59 Å². The Hall–Kier alpha value is -4.00. The first-order valence-corrected chi connectivity index (χ1v) is 12.8. The molecule has 1 unspecified atom stereocenters. The van der Waals surface area contributed by atoms with Crippen molar-refractivity contribution >= 4 is 22.8 Å². The fourth-order valence-corrected chi connectivity index (χ4v) is 5.46. The van der Waals surface area contributed by atoms with Crippen LogP contribution in [-0.2, 0) is 44.2 Å². The van der Waals surface area contributed by atoms with E-state index in [4.69, 9.17) is 29.7 Å². The summed E-state index contributed by atoms with van der Waals surface area (Å²) in [6, 6.07) is 5.42. The molecular formula is C27H28N4O8. The van der Waals surface area contributed by atoms with Gasteiger partial charge in [0.25, 0.3) is 5.56 Å². The number of esters is 1. The number of amides is 1. The molecule has 4 N–H and O–H groups in total. The van der Waals surface area contributed by atoms with Crippen molar-refractivity contribution < 1.29 is 33.6 Å². The Labute approximate surface area is 222 Å². The number of cyclic esters (lactones) is 1. The first kappa shape index (κ1) is 25.3. The topological polar surface area (TPSA) is 164 Å². The first-order valence-electron chi connectivity index (χ1n) is 12.8. The molecule has 6 rings (SSSR count). The van der Waals surface area contributed by atoms with Gasteiger partial charge in [-0.1, -0.05) is 6.92 Å². The second-order valence-corrected chi connectivity index (χ2v) is 9.70. The van der Waals surface area contributed by atoms with Gasteiger partial charge in [0.1, 0.15) is 13.3 Å². The summed E-state index contributed by atoms with van der Waals surface area (Å²) >= 11 is 0. The van der Waals surface area contributed by atoms with E-state index in [-0.39, 0.29) is 62.2 Å². The van der Waals surface area contributed by atoms with Crippen LogP contribution in [0, 0.1) is 0 Å². The van der Waals surface area contributed by atoms with E-state index in [1.807, 2.05) is 12.1 Å². The maximum Gasteiger partial charge on any atom is 0.343 e. The lowest BCUT2D eigenvalue weighted by Crippen LogP contribution is -2.44. The highest BCUT2D eigenvalue weighted by Crippen LogP contribution is 2.43. The lowest BCUT2D eigenvalue weighted by molar-refractivity contribution is -0.172. The van der Waals surface area contributed by atoms with Crippen LogP contribution in [0.2, 0.25) is 0 Å². The SMILES string of the molecule is CCC1(O)C(=O)OCc2c1cc1n(c2=O)Cc2c-1nc1cc3c(cc1c2CCCOCNC(=O)CN)OCO3. The van der Waals surface area contributed by atoms with Gasteiger partial charge in [0.05, 0.1) is 35.6 Å². The zero-order valence-corrected chi connectivity index (χ0v) is 21.4. The molecule has 5 heterocycles. The molecule has 39 heavy (non-hydrogen) atoms. The molecule has 2 aromatic heterocycles. The summed E-state index contributed by atoms with van der Waals surface area (Å²) in [6.45, 7) is 2.25. The summed E-state index contributed by atoms with van der Waals surface area (Å²) < 4.78 is 23.5. The highest BCUT2D eigenvalue weighted by Gasteiger charge is 2.45. The maximum absolute atomic E-state index is 13.6. The number of ether oxygens (including phenoxy) is 4. The van der Waals surface area contributed by atoms with Gasteiger partial charge in [-0.2, -0.15) is 0 Å². The Balaban J connectivity index is 1.42. The maximum atomic E-state index is 13.6. The Kier molecular flexibility index (Phi) is 6.25. The molecule has 0 radical (unpaired) electrons. The van der Waals surface area contributed by atoms with Gasteiger partial charge >= 0.3 is 5.97 Å². The number of fused-ring (bicyclic) bond motifs is 6. The summed E-state index contributed by atoms with van der Waals surface area (Å²) in [5, 5.41) is 14.6. The molecule has 12 heteroatoms. The lowest BCUT2D eigenvalue weighted by atomic mass is 9.86. The van der Waals surface area contributed by atoms with Crippen LogP contribution in [0.1, 0.15) is 42.0 Å². The monoisotopic (exact) mass is 536 g/mol. The van der Waals surface area contributed by atoms with Crippen molar-refractivity contribution in [2.24, 2.45) is 5.73 Å². The Morgan fingerprint density at radius 1 is 1.21 bits per heavy atom. The van der Waals surface area contributed by atoms with Crippen molar-refractivity contribution in [3.05, 3.63) is 50.8 Å². The highest BCUT2D eigenvalue weighted by molar-refractivity contribution is 5.91. The van der Waals surface area contributed by atoms with E-state index in [9.17, 15) is 19.5 Å². The van der Waals surface area contributed by atoms with Gasteiger partial charge in [-0.05, 0) is 37.0 Å². The highest BCUT2D eigenvalue weighted by atomic mass is 16.7. The second kappa shape index (κ2) is 9.63. The molecule has 1 aromatic carbocycles. The van der Waals surface area contributed by atoms with Crippen molar-refractivity contribution in [1.82, 2.24) is 14.9 Å². The number of rotatable bonds is 8. The number of carbonyl (C=O) groups is 2. The van der Waals surface area contributed by atoms with Crippen LogP contribution in [0.5, 0.6) is 11.5 Å². The number of pyridine rings is 2. The van der Waals surface area contributed by atoms with Crippen LogP contribution < -0.4 is 26.1 Å². The third-order valence-electron chi connectivity index (χ3n) is 7.57. The Bertz CT molecular complexity index is 1580. The molecule has 0 spiro atoms. The van der Waals surface area contributed by atoms with Gasteiger partial charge in [0.15, 0.2) is 17.1 Å². The lowest BCUT2D eigenvalue weighted by Gasteiger charge is -2.31. The van der Waals surface area contributed by atoms with E-state index in [1.54, 1.807) is 17.6 Å². The average molecular weight is 537 g/mol. The van der Waals surface area contributed by atoms with Crippen LogP contribution in [0.3, 0.4) is 0 Å². The molecule has 1 atom stereocenters. The van der Waals surface area contributed by atoms with E-state index in [0.29, 0.717) is 47.9 Å². The number of hydrogen-bond donors (Lipinski definition) is 3. The second-order valence-electron chi connectivity index (χ2n) is 9.70. The number of benzene rings is 1. The quantitative estimate of drug-likeness (QED) is 0.167. The van der Waals surface area contributed by atoms with Crippen LogP contribution in [0.25, 0.3) is 22.3 Å². The summed E-state index contributed by atoms with van der Waals surface area (Å²) in [6.07, 6.45) is 1.31. The molecule has 0 aliphatic carbocycles. The molecule has 3 aliphatic rings. The molecule has 0 saturated carbocycles. The predicted octanol–water partition coefficient (Wildman–Crippen LogP) is 0.790. The number of aryl methyl sites for hydroxylation is 1. The number of aromatic nitrogens is 2. The van der Waals surface area contributed by atoms with Gasteiger partial charge in [-0.25, -0.2) is 9.78 Å². The first-order chi connectivity index (χ1) is 18.9. The molecule has 3 aromatic rings. The third-order valence-corrected chi connectivity index (χ3v) is 7.57. The molecule has 3 aliphatic heterocycles. The molecule has 12 nitrogen and oxygen atoms in total. The summed E-state index contributed by atoms with van der Waals surface area (Å²) in [5.74, 6) is 0.154. The van der Waals surface area contributed by atoms with E-state index in [2.05, 4.69) is 5.32 Å². The predicted molar refractivity (Wildman–Crippen MR) is 137 cm³/mol. The number of carbonyl (C=O) groups excluding carboxylic acids is 2. The van der Waals surface area contributed by atoms with E-state index >= 15 is 0 Å². The normalized spacial score (nSPS) is 18.5. The average Bonchev–Trinajstić information content (AvgIpc) is 3.55. The van der Waals surface area contributed by atoms with Crippen LogP contribution in [0.15, 0.2) is 23.0 Å².